The Hall–Kier alpha value is -2.47. The van der Waals surface area contributed by atoms with Crippen molar-refractivity contribution in [3.63, 3.8) is 0 Å². The third kappa shape index (κ3) is 4.75. The number of carbonyl (C=O) groups excluding carboxylic acids is 2. The molecule has 1 N–H and O–H groups in total. The van der Waals surface area contributed by atoms with Crippen molar-refractivity contribution < 1.29 is 9.59 Å². The Kier molecular flexibility index (Phi) is 6.52. The van der Waals surface area contributed by atoms with Crippen LogP contribution in [0.4, 0.5) is 5.69 Å². The van der Waals surface area contributed by atoms with Crippen LogP contribution in [0.15, 0.2) is 18.5 Å². The van der Waals surface area contributed by atoms with E-state index in [1.165, 1.54) is 11.1 Å². The number of nitrogens with zero attached hydrogens (tertiary/aromatic N) is 3. The van der Waals surface area contributed by atoms with E-state index in [1.807, 2.05) is 20.0 Å². The summed E-state index contributed by atoms with van der Waals surface area (Å²) in [6.45, 7) is 13.2. The number of rotatable bonds is 6. The van der Waals surface area contributed by atoms with Crippen LogP contribution >= 0.6 is 0 Å². The van der Waals surface area contributed by atoms with E-state index < -0.39 is 0 Å². The monoisotopic (exact) mass is 396 g/mol. The quantitative estimate of drug-likeness (QED) is 0.753. The number of carbonyl (C=O) groups is 2. The van der Waals surface area contributed by atoms with Crippen LogP contribution in [0.5, 0.6) is 0 Å². The highest BCUT2D eigenvalue weighted by atomic mass is 16.2. The van der Waals surface area contributed by atoms with Gasteiger partial charge < -0.3 is 5.32 Å². The van der Waals surface area contributed by atoms with Crippen molar-refractivity contribution in [3.8, 4) is 0 Å². The lowest BCUT2D eigenvalue weighted by Crippen LogP contribution is -2.38. The number of piperidine rings is 1. The Bertz CT molecular complexity index is 908. The number of Topliss-reactive ketones (excluding diaryl/α,β-unsaturated/α-hetero) is 1. The third-order valence-electron chi connectivity index (χ3n) is 6.05. The molecule has 1 fully saturated rings. The molecule has 29 heavy (non-hydrogen) atoms. The van der Waals surface area contributed by atoms with E-state index >= 15 is 0 Å². The molecule has 3 rings (SSSR count). The van der Waals surface area contributed by atoms with E-state index in [1.54, 1.807) is 17.8 Å². The topological polar surface area (TPSA) is 67.2 Å². The number of likely N-dealkylation sites (tertiary alicyclic amines) is 1. The van der Waals surface area contributed by atoms with Crippen molar-refractivity contribution >= 4 is 17.4 Å². The standard InChI is InChI=1S/C23H32N4O2/c1-6-27-13-20(12-24-27)25-23(29)19-7-9-26(10-8-19)14-21-15(2)11-16(3)22(17(21)4)18(5)28/h11-13,19H,6-10,14H2,1-5H3,(H,25,29). The predicted octanol–water partition coefficient (Wildman–Crippen LogP) is 3.88. The van der Waals surface area contributed by atoms with E-state index in [9.17, 15) is 9.59 Å². The number of amides is 1. The maximum absolute atomic E-state index is 12.6. The van der Waals surface area contributed by atoms with Gasteiger partial charge in [0.1, 0.15) is 0 Å². The molecule has 1 aliphatic heterocycles. The molecule has 1 aliphatic rings. The molecule has 0 radical (unpaired) electrons. The molecule has 0 saturated carbocycles. The van der Waals surface area contributed by atoms with Crippen LogP contribution in [0.2, 0.25) is 0 Å². The molecule has 1 saturated heterocycles. The Balaban J connectivity index is 1.61. The number of aryl methyl sites for hydroxylation is 3. The van der Waals surface area contributed by atoms with Gasteiger partial charge in [-0.3, -0.25) is 19.2 Å². The van der Waals surface area contributed by atoms with Gasteiger partial charge in [0.2, 0.25) is 5.91 Å². The highest BCUT2D eigenvalue weighted by Gasteiger charge is 2.26. The number of nitrogens with one attached hydrogen (secondary N) is 1. The van der Waals surface area contributed by atoms with E-state index in [4.69, 9.17) is 0 Å². The maximum Gasteiger partial charge on any atom is 0.227 e. The second kappa shape index (κ2) is 8.91. The molecule has 0 spiro atoms. The van der Waals surface area contributed by atoms with Crippen LogP contribution in [0.1, 0.15) is 59.3 Å². The van der Waals surface area contributed by atoms with Crippen LogP contribution in [0.25, 0.3) is 0 Å². The second-order valence-corrected chi connectivity index (χ2v) is 8.17. The summed E-state index contributed by atoms with van der Waals surface area (Å²) in [4.78, 5) is 27.1. The van der Waals surface area contributed by atoms with Crippen molar-refractivity contribution in [2.24, 2.45) is 5.92 Å². The molecular formula is C23H32N4O2. The Morgan fingerprint density at radius 3 is 2.45 bits per heavy atom. The average molecular weight is 397 g/mol. The van der Waals surface area contributed by atoms with Crippen molar-refractivity contribution in [3.05, 3.63) is 46.3 Å². The Morgan fingerprint density at radius 2 is 1.86 bits per heavy atom. The number of anilines is 1. The minimum Gasteiger partial charge on any atom is -0.323 e. The first-order valence-corrected chi connectivity index (χ1v) is 10.5. The fraction of sp³-hybridized carbons (Fsp3) is 0.522. The maximum atomic E-state index is 12.6. The summed E-state index contributed by atoms with van der Waals surface area (Å²) in [7, 11) is 0. The molecule has 1 amide bonds. The average Bonchev–Trinajstić information content (AvgIpc) is 3.12. The molecule has 6 nitrogen and oxygen atoms in total. The first-order chi connectivity index (χ1) is 13.8. The molecule has 0 unspecified atom stereocenters. The van der Waals surface area contributed by atoms with E-state index in [2.05, 4.69) is 35.2 Å². The molecule has 0 aliphatic carbocycles. The summed E-state index contributed by atoms with van der Waals surface area (Å²) < 4.78 is 1.81. The number of ketones is 1. The van der Waals surface area contributed by atoms with Crippen molar-refractivity contribution in [2.45, 2.75) is 60.5 Å². The minimum atomic E-state index is 0.0317. The van der Waals surface area contributed by atoms with E-state index in [-0.39, 0.29) is 17.6 Å². The number of benzene rings is 1. The lowest BCUT2D eigenvalue weighted by molar-refractivity contribution is -0.121. The molecule has 1 aromatic heterocycles. The highest BCUT2D eigenvalue weighted by molar-refractivity contribution is 5.97. The zero-order chi connectivity index (χ0) is 21.1. The largest absolute Gasteiger partial charge is 0.323 e. The Morgan fingerprint density at radius 1 is 1.17 bits per heavy atom. The number of hydrogen-bond acceptors (Lipinski definition) is 4. The fourth-order valence-corrected chi connectivity index (χ4v) is 4.43. The smallest absolute Gasteiger partial charge is 0.227 e. The van der Waals surface area contributed by atoms with Gasteiger partial charge in [0, 0.05) is 30.8 Å². The van der Waals surface area contributed by atoms with Crippen LogP contribution in [0.3, 0.4) is 0 Å². The first kappa shape index (κ1) is 21.2. The molecular weight excluding hydrogens is 364 g/mol. The molecule has 2 aromatic rings. The van der Waals surface area contributed by atoms with Crippen molar-refractivity contribution in [1.29, 1.82) is 0 Å². The van der Waals surface area contributed by atoms with Gasteiger partial charge >= 0.3 is 0 Å². The normalized spacial score (nSPS) is 15.5. The minimum absolute atomic E-state index is 0.0317. The van der Waals surface area contributed by atoms with Crippen molar-refractivity contribution in [1.82, 2.24) is 14.7 Å². The summed E-state index contributed by atoms with van der Waals surface area (Å²) in [5, 5.41) is 7.20. The van der Waals surface area contributed by atoms with E-state index in [0.717, 1.165) is 61.4 Å². The fourth-order valence-electron chi connectivity index (χ4n) is 4.43. The van der Waals surface area contributed by atoms with Crippen LogP contribution in [-0.4, -0.2) is 39.5 Å². The lowest BCUT2D eigenvalue weighted by Gasteiger charge is -2.32. The van der Waals surface area contributed by atoms with Gasteiger partial charge in [-0.25, -0.2) is 0 Å². The van der Waals surface area contributed by atoms with Crippen LogP contribution in [0, 0.1) is 26.7 Å². The van der Waals surface area contributed by atoms with Gasteiger partial charge in [0.05, 0.1) is 11.9 Å². The molecule has 1 aromatic carbocycles. The summed E-state index contributed by atoms with van der Waals surface area (Å²) >= 11 is 0. The SMILES string of the molecule is CCn1cc(NC(=O)C2CCN(Cc3c(C)cc(C)c(C(C)=O)c3C)CC2)cn1. The molecule has 156 valence electrons. The zero-order valence-corrected chi connectivity index (χ0v) is 18.2. The summed E-state index contributed by atoms with van der Waals surface area (Å²) in [6, 6.07) is 2.12. The second-order valence-electron chi connectivity index (χ2n) is 8.17. The molecule has 6 heteroatoms. The highest BCUT2D eigenvalue weighted by Crippen LogP contribution is 2.27. The van der Waals surface area contributed by atoms with Gasteiger partial charge in [0.15, 0.2) is 5.78 Å². The zero-order valence-electron chi connectivity index (χ0n) is 18.2. The molecule has 0 bridgehead atoms. The van der Waals surface area contributed by atoms with Gasteiger partial charge in [-0.05, 0) is 82.8 Å². The summed E-state index contributed by atoms with van der Waals surface area (Å²) in [5.74, 6) is 0.245. The van der Waals surface area contributed by atoms with Crippen molar-refractivity contribution in [2.75, 3.05) is 18.4 Å². The molecule has 0 atom stereocenters. The summed E-state index contributed by atoms with van der Waals surface area (Å²) in [5.41, 5.74) is 6.25. The predicted molar refractivity (Wildman–Crippen MR) is 115 cm³/mol. The first-order valence-electron chi connectivity index (χ1n) is 10.5. The van der Waals surface area contributed by atoms with E-state index in [0.29, 0.717) is 0 Å². The lowest BCUT2D eigenvalue weighted by atomic mass is 9.90. The third-order valence-corrected chi connectivity index (χ3v) is 6.05. The van der Waals surface area contributed by atoms with Crippen LogP contribution in [-0.2, 0) is 17.9 Å². The van der Waals surface area contributed by atoms with Crippen LogP contribution < -0.4 is 5.32 Å². The number of aromatic nitrogens is 2. The number of hydrogen-bond donors (Lipinski definition) is 1. The van der Waals surface area contributed by atoms with Gasteiger partial charge in [-0.15, -0.1) is 0 Å². The van der Waals surface area contributed by atoms with Gasteiger partial charge in [0.25, 0.3) is 0 Å². The Labute approximate surface area is 173 Å². The molecule has 2 heterocycles. The van der Waals surface area contributed by atoms with Gasteiger partial charge in [-0.2, -0.15) is 5.10 Å². The summed E-state index contributed by atoms with van der Waals surface area (Å²) in [6.07, 6.45) is 5.25. The van der Waals surface area contributed by atoms with Gasteiger partial charge in [-0.1, -0.05) is 6.07 Å².